The quantitative estimate of drug-likeness (QED) is 0.328. The molecule has 1 amide bonds. The van der Waals surface area contributed by atoms with E-state index in [0.29, 0.717) is 5.69 Å². The minimum absolute atomic E-state index is 0.110. The zero-order valence-electron chi connectivity index (χ0n) is 18.0. The third-order valence-electron chi connectivity index (χ3n) is 5.12. The van der Waals surface area contributed by atoms with Gasteiger partial charge in [0.15, 0.2) is 0 Å². The lowest BCUT2D eigenvalue weighted by Gasteiger charge is -2.24. The van der Waals surface area contributed by atoms with Crippen molar-refractivity contribution in [3.05, 3.63) is 108 Å². The van der Waals surface area contributed by atoms with Crippen molar-refractivity contribution in [1.82, 2.24) is 5.43 Å². The zero-order chi connectivity index (χ0) is 23.3. The van der Waals surface area contributed by atoms with Crippen LogP contribution >= 0.6 is 0 Å². The number of hydrogen-bond donors (Lipinski definition) is 1. The number of anilines is 1. The molecule has 7 heteroatoms. The molecular weight excluding hydrogens is 434 g/mol. The zero-order valence-corrected chi connectivity index (χ0v) is 18.9. The first-order valence-corrected chi connectivity index (χ1v) is 11.8. The van der Waals surface area contributed by atoms with Crippen molar-refractivity contribution in [2.45, 2.75) is 11.8 Å². The van der Waals surface area contributed by atoms with Crippen molar-refractivity contribution in [3.63, 3.8) is 0 Å². The number of nitrogens with one attached hydrogen (secondary N) is 1. The molecule has 0 unspecified atom stereocenters. The topological polar surface area (TPSA) is 78.8 Å². The van der Waals surface area contributed by atoms with Crippen molar-refractivity contribution in [2.24, 2.45) is 5.10 Å². The second kappa shape index (κ2) is 9.67. The number of carbonyl (C=O) groups is 1. The van der Waals surface area contributed by atoms with Crippen LogP contribution in [0.1, 0.15) is 11.1 Å². The second-order valence-corrected chi connectivity index (χ2v) is 9.39. The van der Waals surface area contributed by atoms with E-state index in [9.17, 15) is 13.2 Å². The molecule has 0 aliphatic heterocycles. The third-order valence-corrected chi connectivity index (χ3v) is 6.91. The number of sulfonamides is 1. The lowest BCUT2D eigenvalue weighted by Crippen LogP contribution is -2.39. The summed E-state index contributed by atoms with van der Waals surface area (Å²) in [6, 6.07) is 28.8. The number of hydrazone groups is 1. The Bertz CT molecular complexity index is 1410. The first kappa shape index (κ1) is 22.2. The van der Waals surface area contributed by atoms with Gasteiger partial charge in [-0.15, -0.1) is 0 Å². The Morgan fingerprint density at radius 2 is 1.61 bits per heavy atom. The number of fused-ring (bicyclic) bond motifs is 1. The monoisotopic (exact) mass is 457 g/mol. The summed E-state index contributed by atoms with van der Waals surface area (Å²) < 4.78 is 27.8. The summed E-state index contributed by atoms with van der Waals surface area (Å²) in [7, 11) is -3.95. The fourth-order valence-electron chi connectivity index (χ4n) is 3.52. The first-order chi connectivity index (χ1) is 15.9. The number of amides is 1. The molecule has 0 saturated carbocycles. The van der Waals surface area contributed by atoms with E-state index >= 15 is 0 Å². The summed E-state index contributed by atoms with van der Waals surface area (Å²) in [6.07, 6.45) is 1.56. The van der Waals surface area contributed by atoms with Crippen molar-refractivity contribution in [1.29, 1.82) is 0 Å². The van der Waals surface area contributed by atoms with Crippen LogP contribution in [-0.4, -0.2) is 27.1 Å². The molecule has 0 aliphatic rings. The van der Waals surface area contributed by atoms with Crippen LogP contribution < -0.4 is 9.73 Å². The van der Waals surface area contributed by atoms with E-state index in [1.807, 2.05) is 55.5 Å². The summed E-state index contributed by atoms with van der Waals surface area (Å²) in [5.41, 5.74) is 4.60. The van der Waals surface area contributed by atoms with Crippen LogP contribution in [0.4, 0.5) is 5.69 Å². The highest BCUT2D eigenvalue weighted by Crippen LogP contribution is 2.24. The minimum Gasteiger partial charge on any atom is -0.271 e. The van der Waals surface area contributed by atoms with Gasteiger partial charge in [-0.3, -0.25) is 9.10 Å². The molecule has 4 rings (SSSR count). The van der Waals surface area contributed by atoms with Crippen LogP contribution in [0.15, 0.2) is 107 Å². The van der Waals surface area contributed by atoms with Crippen molar-refractivity contribution in [2.75, 3.05) is 10.8 Å². The predicted octanol–water partition coefficient (Wildman–Crippen LogP) is 4.49. The molecule has 0 saturated heterocycles. The number of hydrogen-bond acceptors (Lipinski definition) is 4. The van der Waals surface area contributed by atoms with Gasteiger partial charge in [0.25, 0.3) is 15.9 Å². The Balaban J connectivity index is 1.57. The van der Waals surface area contributed by atoms with Gasteiger partial charge in [0.2, 0.25) is 0 Å². The Morgan fingerprint density at radius 3 is 2.39 bits per heavy atom. The smallest absolute Gasteiger partial charge is 0.264 e. The van der Waals surface area contributed by atoms with Crippen molar-refractivity contribution in [3.8, 4) is 0 Å². The van der Waals surface area contributed by atoms with Crippen LogP contribution in [0.2, 0.25) is 0 Å². The lowest BCUT2D eigenvalue weighted by atomic mass is 10.1. The van der Waals surface area contributed by atoms with Crippen molar-refractivity contribution < 1.29 is 13.2 Å². The summed E-state index contributed by atoms with van der Waals surface area (Å²) in [5.74, 6) is -0.549. The molecule has 0 aromatic heterocycles. The van der Waals surface area contributed by atoms with Crippen LogP contribution in [0, 0.1) is 6.92 Å². The fraction of sp³-hybridized carbons (Fsp3) is 0.0769. The molecule has 0 fully saturated rings. The fourth-order valence-corrected chi connectivity index (χ4v) is 4.95. The molecule has 0 bridgehead atoms. The molecule has 0 atom stereocenters. The Labute approximate surface area is 193 Å². The van der Waals surface area contributed by atoms with Gasteiger partial charge in [0.1, 0.15) is 6.54 Å². The third kappa shape index (κ3) is 5.10. The highest BCUT2D eigenvalue weighted by atomic mass is 32.2. The Kier molecular flexibility index (Phi) is 6.51. The van der Waals surface area contributed by atoms with E-state index in [4.69, 9.17) is 0 Å². The maximum Gasteiger partial charge on any atom is 0.264 e. The van der Waals surface area contributed by atoms with Gasteiger partial charge in [0.05, 0.1) is 16.8 Å². The van der Waals surface area contributed by atoms with Crippen LogP contribution in [-0.2, 0) is 14.8 Å². The molecule has 6 nitrogen and oxygen atoms in total. The summed E-state index contributed by atoms with van der Waals surface area (Å²) in [5, 5.41) is 6.13. The van der Waals surface area contributed by atoms with Gasteiger partial charge in [-0.1, -0.05) is 72.8 Å². The van der Waals surface area contributed by atoms with Gasteiger partial charge in [0, 0.05) is 5.56 Å². The van der Waals surface area contributed by atoms with E-state index in [-0.39, 0.29) is 4.90 Å². The van der Waals surface area contributed by atoms with Gasteiger partial charge in [-0.2, -0.15) is 5.10 Å². The highest BCUT2D eigenvalue weighted by Gasteiger charge is 2.27. The average Bonchev–Trinajstić information content (AvgIpc) is 2.83. The van der Waals surface area contributed by atoms with E-state index in [2.05, 4.69) is 10.5 Å². The minimum atomic E-state index is -3.95. The number of nitrogens with zero attached hydrogens (tertiary/aromatic N) is 2. The van der Waals surface area contributed by atoms with Gasteiger partial charge in [-0.25, -0.2) is 13.8 Å². The standard InChI is InChI=1S/C26H23N3O3S/c1-20-9-7-13-23(17-20)29(33(31,32)24-14-3-2-4-15-24)19-26(30)28-27-18-22-12-8-11-21-10-5-6-16-25(21)22/h2-18H,19H2,1H3,(H,28,30)/b27-18-. The molecule has 166 valence electrons. The normalized spacial score (nSPS) is 11.5. The van der Waals surface area contributed by atoms with Gasteiger partial charge in [-0.05, 0) is 47.5 Å². The molecule has 0 spiro atoms. The number of carbonyl (C=O) groups excluding carboxylic acids is 1. The predicted molar refractivity (Wildman–Crippen MR) is 132 cm³/mol. The molecule has 1 N–H and O–H groups in total. The second-order valence-electron chi connectivity index (χ2n) is 7.53. The van der Waals surface area contributed by atoms with E-state index in [0.717, 1.165) is 26.2 Å². The van der Waals surface area contributed by atoms with Gasteiger partial charge >= 0.3 is 0 Å². The highest BCUT2D eigenvalue weighted by molar-refractivity contribution is 7.92. The first-order valence-electron chi connectivity index (χ1n) is 10.4. The Hall–Kier alpha value is -3.97. The summed E-state index contributed by atoms with van der Waals surface area (Å²) in [4.78, 5) is 12.8. The van der Waals surface area contributed by atoms with Crippen LogP contribution in [0.5, 0.6) is 0 Å². The molecular formula is C26H23N3O3S. The summed E-state index contributed by atoms with van der Waals surface area (Å²) in [6.45, 7) is 1.46. The number of rotatable bonds is 7. The van der Waals surface area contributed by atoms with Crippen LogP contribution in [0.3, 0.4) is 0 Å². The molecule has 0 radical (unpaired) electrons. The maximum atomic E-state index is 13.3. The van der Waals surface area contributed by atoms with Crippen molar-refractivity contribution >= 4 is 38.6 Å². The largest absolute Gasteiger partial charge is 0.271 e. The molecule has 0 aliphatic carbocycles. The maximum absolute atomic E-state index is 13.3. The van der Waals surface area contributed by atoms with Crippen LogP contribution in [0.25, 0.3) is 10.8 Å². The molecule has 4 aromatic carbocycles. The molecule has 33 heavy (non-hydrogen) atoms. The number of aryl methyl sites for hydroxylation is 1. The molecule has 0 heterocycles. The summed E-state index contributed by atoms with van der Waals surface area (Å²) >= 11 is 0. The Morgan fingerprint density at radius 1 is 0.909 bits per heavy atom. The lowest BCUT2D eigenvalue weighted by molar-refractivity contribution is -0.119. The average molecular weight is 458 g/mol. The van der Waals surface area contributed by atoms with E-state index in [1.165, 1.54) is 12.1 Å². The SMILES string of the molecule is Cc1cccc(N(CC(=O)N/N=C\c2cccc3ccccc23)S(=O)(=O)c2ccccc2)c1. The molecule has 4 aromatic rings. The van der Waals surface area contributed by atoms with E-state index in [1.54, 1.807) is 42.6 Å². The number of benzene rings is 4. The van der Waals surface area contributed by atoms with Gasteiger partial charge < -0.3 is 0 Å². The van der Waals surface area contributed by atoms with E-state index < -0.39 is 22.5 Å².